The van der Waals surface area contributed by atoms with Crippen molar-refractivity contribution in [2.45, 2.75) is 32.4 Å². The van der Waals surface area contributed by atoms with Gasteiger partial charge in [0.25, 0.3) is 0 Å². The highest BCUT2D eigenvalue weighted by Gasteiger charge is 2.20. The van der Waals surface area contributed by atoms with Crippen molar-refractivity contribution in [3.05, 3.63) is 53.8 Å². The first-order valence-corrected chi connectivity index (χ1v) is 11.8. The summed E-state index contributed by atoms with van der Waals surface area (Å²) in [7, 11) is -2.12. The summed E-state index contributed by atoms with van der Waals surface area (Å²) in [6.07, 6.45) is 2.07. The minimum atomic E-state index is -3.50. The molecule has 2 rings (SSSR count). The minimum absolute atomic E-state index is 0.179. The van der Waals surface area contributed by atoms with Crippen LogP contribution in [-0.2, 0) is 21.4 Å². The molecule has 0 saturated carbocycles. The molecule has 0 aromatic heterocycles. The highest BCUT2D eigenvalue weighted by molar-refractivity contribution is 7.92. The number of benzene rings is 2. The second kappa shape index (κ2) is 11.3. The molecule has 0 aliphatic heterocycles. The lowest BCUT2D eigenvalue weighted by Gasteiger charge is -2.19. The van der Waals surface area contributed by atoms with Gasteiger partial charge in [0.15, 0.2) is 0 Å². The maximum Gasteiger partial charge on any atom is 0.315 e. The molecule has 1 atom stereocenters. The number of urea groups is 1. The first-order valence-electron chi connectivity index (χ1n) is 9.86. The topological polar surface area (TPSA) is 126 Å². The van der Waals surface area contributed by atoms with Crippen LogP contribution < -0.4 is 25.4 Å². The SMILES string of the molecule is CCCC(NC(=O)NCc1ccc(F)cc1)C(=O)Nc1ccc(NS(C)(=O)=O)c(OC)c1. The number of rotatable bonds is 10. The molecule has 4 N–H and O–H groups in total. The van der Waals surface area contributed by atoms with Gasteiger partial charge < -0.3 is 20.7 Å². The van der Waals surface area contributed by atoms with E-state index in [1.807, 2.05) is 6.92 Å². The number of anilines is 2. The predicted molar refractivity (Wildman–Crippen MR) is 121 cm³/mol. The van der Waals surface area contributed by atoms with E-state index in [1.165, 1.54) is 37.4 Å². The Balaban J connectivity index is 2.01. The molecule has 0 fully saturated rings. The highest BCUT2D eigenvalue weighted by atomic mass is 32.2. The van der Waals surface area contributed by atoms with Crippen molar-refractivity contribution in [1.82, 2.24) is 10.6 Å². The van der Waals surface area contributed by atoms with E-state index in [9.17, 15) is 22.4 Å². The largest absolute Gasteiger partial charge is 0.494 e. The number of carbonyl (C=O) groups is 2. The smallest absolute Gasteiger partial charge is 0.315 e. The molecule has 0 radical (unpaired) electrons. The van der Waals surface area contributed by atoms with Gasteiger partial charge in [0.05, 0.1) is 19.1 Å². The van der Waals surface area contributed by atoms with Crippen LogP contribution in [0.1, 0.15) is 25.3 Å². The summed E-state index contributed by atoms with van der Waals surface area (Å²) in [4.78, 5) is 25.0. The summed E-state index contributed by atoms with van der Waals surface area (Å²) in [6.45, 7) is 2.06. The molecule has 2 aromatic rings. The summed E-state index contributed by atoms with van der Waals surface area (Å²) in [6, 6.07) is 8.84. The number of halogens is 1. The van der Waals surface area contributed by atoms with Crippen LogP contribution in [-0.4, -0.2) is 39.8 Å². The van der Waals surface area contributed by atoms with E-state index in [4.69, 9.17) is 4.74 Å². The van der Waals surface area contributed by atoms with Crippen LogP contribution in [0, 0.1) is 5.82 Å². The second-order valence-electron chi connectivity index (χ2n) is 7.07. The van der Waals surface area contributed by atoms with E-state index < -0.39 is 28.0 Å². The number of carbonyl (C=O) groups excluding carboxylic acids is 2. The maximum absolute atomic E-state index is 13.0. The van der Waals surface area contributed by atoms with Crippen molar-refractivity contribution in [1.29, 1.82) is 0 Å². The first kappa shape index (κ1) is 24.9. The molecular weight excluding hydrogens is 439 g/mol. The van der Waals surface area contributed by atoms with E-state index >= 15 is 0 Å². The first-order chi connectivity index (χ1) is 15.1. The Morgan fingerprint density at radius 2 is 1.81 bits per heavy atom. The van der Waals surface area contributed by atoms with Gasteiger partial charge in [-0.3, -0.25) is 9.52 Å². The van der Waals surface area contributed by atoms with Gasteiger partial charge in [-0.1, -0.05) is 25.5 Å². The van der Waals surface area contributed by atoms with Gasteiger partial charge in [-0.05, 0) is 36.2 Å². The maximum atomic E-state index is 13.0. The standard InChI is InChI=1S/C21H27FN4O5S/c1-4-5-18(25-21(28)23-13-14-6-8-15(22)9-7-14)20(27)24-16-10-11-17(19(12-16)31-2)26-32(3,29)30/h6-12,18,26H,4-5,13H2,1-3H3,(H,24,27)(H2,23,25,28). The number of nitrogens with one attached hydrogen (secondary N) is 4. The van der Waals surface area contributed by atoms with E-state index in [0.29, 0.717) is 24.1 Å². The number of amides is 3. The zero-order valence-electron chi connectivity index (χ0n) is 18.1. The van der Waals surface area contributed by atoms with Crippen LogP contribution in [0.4, 0.5) is 20.6 Å². The van der Waals surface area contributed by atoms with Crippen molar-refractivity contribution in [2.24, 2.45) is 0 Å². The van der Waals surface area contributed by atoms with Gasteiger partial charge in [-0.25, -0.2) is 17.6 Å². The van der Waals surface area contributed by atoms with Gasteiger partial charge in [-0.2, -0.15) is 0 Å². The summed E-state index contributed by atoms with van der Waals surface area (Å²) < 4.78 is 43.4. The summed E-state index contributed by atoms with van der Waals surface area (Å²) in [5, 5.41) is 7.96. The van der Waals surface area contributed by atoms with Crippen molar-refractivity contribution >= 4 is 33.3 Å². The molecule has 0 bridgehead atoms. The molecular formula is C21H27FN4O5S. The van der Waals surface area contributed by atoms with E-state index in [1.54, 1.807) is 12.1 Å². The third-order valence-electron chi connectivity index (χ3n) is 4.33. The van der Waals surface area contributed by atoms with E-state index in [0.717, 1.165) is 6.26 Å². The van der Waals surface area contributed by atoms with Crippen LogP contribution in [0.3, 0.4) is 0 Å². The van der Waals surface area contributed by atoms with Crippen LogP contribution in [0.5, 0.6) is 5.75 Å². The summed E-state index contributed by atoms with van der Waals surface area (Å²) >= 11 is 0. The van der Waals surface area contributed by atoms with Crippen LogP contribution in [0.2, 0.25) is 0 Å². The Morgan fingerprint density at radius 3 is 2.41 bits per heavy atom. The van der Waals surface area contributed by atoms with Gasteiger partial charge >= 0.3 is 6.03 Å². The van der Waals surface area contributed by atoms with Gasteiger partial charge in [0.1, 0.15) is 17.6 Å². The number of hydrogen-bond donors (Lipinski definition) is 4. The molecule has 32 heavy (non-hydrogen) atoms. The van der Waals surface area contributed by atoms with Crippen molar-refractivity contribution < 1.29 is 27.1 Å². The number of hydrogen-bond acceptors (Lipinski definition) is 5. The predicted octanol–water partition coefficient (Wildman–Crippen LogP) is 2.81. The van der Waals surface area contributed by atoms with Crippen molar-refractivity contribution in [3.8, 4) is 5.75 Å². The fraction of sp³-hybridized carbons (Fsp3) is 0.333. The normalized spacial score (nSPS) is 11.9. The lowest BCUT2D eigenvalue weighted by molar-refractivity contribution is -0.118. The molecule has 3 amide bonds. The Bertz CT molecular complexity index is 1040. The molecule has 2 aromatic carbocycles. The van der Waals surface area contributed by atoms with Crippen LogP contribution in [0.25, 0.3) is 0 Å². The molecule has 0 aliphatic rings. The molecule has 0 saturated heterocycles. The third-order valence-corrected chi connectivity index (χ3v) is 4.92. The Hall–Kier alpha value is -3.34. The van der Waals surface area contributed by atoms with Crippen LogP contribution >= 0.6 is 0 Å². The number of methoxy groups -OCH3 is 1. The summed E-state index contributed by atoms with van der Waals surface area (Å²) in [5.74, 6) is -0.574. The summed E-state index contributed by atoms with van der Waals surface area (Å²) in [5.41, 5.74) is 1.32. The Labute approximate surface area is 186 Å². The van der Waals surface area contributed by atoms with Gasteiger partial charge in [-0.15, -0.1) is 0 Å². The zero-order chi connectivity index (χ0) is 23.7. The van der Waals surface area contributed by atoms with Gasteiger partial charge in [0.2, 0.25) is 15.9 Å². The zero-order valence-corrected chi connectivity index (χ0v) is 18.9. The fourth-order valence-corrected chi connectivity index (χ4v) is 3.40. The molecule has 1 unspecified atom stereocenters. The molecule has 174 valence electrons. The number of sulfonamides is 1. The molecule has 0 spiro atoms. The molecule has 0 heterocycles. The van der Waals surface area contributed by atoms with Gasteiger partial charge in [0, 0.05) is 18.3 Å². The average Bonchev–Trinajstić information content (AvgIpc) is 2.73. The van der Waals surface area contributed by atoms with Crippen LogP contribution in [0.15, 0.2) is 42.5 Å². The fourth-order valence-electron chi connectivity index (χ4n) is 2.83. The molecule has 11 heteroatoms. The van der Waals surface area contributed by atoms with Crippen molar-refractivity contribution in [3.63, 3.8) is 0 Å². The quantitative estimate of drug-likeness (QED) is 0.428. The Kier molecular flexibility index (Phi) is 8.82. The van der Waals surface area contributed by atoms with E-state index in [-0.39, 0.29) is 23.8 Å². The lowest BCUT2D eigenvalue weighted by atomic mass is 10.1. The molecule has 9 nitrogen and oxygen atoms in total. The molecule has 0 aliphatic carbocycles. The van der Waals surface area contributed by atoms with E-state index in [2.05, 4.69) is 20.7 Å². The van der Waals surface area contributed by atoms with Crippen molar-refractivity contribution in [2.75, 3.05) is 23.4 Å². The third kappa shape index (κ3) is 8.06. The monoisotopic (exact) mass is 466 g/mol. The second-order valence-corrected chi connectivity index (χ2v) is 8.82. The number of ether oxygens (including phenoxy) is 1. The average molecular weight is 467 g/mol. The highest BCUT2D eigenvalue weighted by Crippen LogP contribution is 2.28. The lowest BCUT2D eigenvalue weighted by Crippen LogP contribution is -2.47. The Morgan fingerprint density at radius 1 is 1.12 bits per heavy atom. The minimum Gasteiger partial charge on any atom is -0.494 e.